The van der Waals surface area contributed by atoms with Crippen LogP contribution in [0, 0.1) is 11.6 Å². The van der Waals surface area contributed by atoms with E-state index in [1.54, 1.807) is 0 Å². The monoisotopic (exact) mass is 307 g/mol. The highest BCUT2D eigenvalue weighted by molar-refractivity contribution is 5.24. The van der Waals surface area contributed by atoms with E-state index in [1.165, 1.54) is 6.07 Å². The molecule has 0 spiro atoms. The quantitative estimate of drug-likeness (QED) is 0.854. The lowest BCUT2D eigenvalue weighted by Crippen LogP contribution is -2.32. The number of aliphatic hydroxyl groups excluding tert-OH is 1. The van der Waals surface area contributed by atoms with Crippen LogP contribution in [0.3, 0.4) is 0 Å². The molecule has 0 saturated carbocycles. The fourth-order valence-corrected chi connectivity index (χ4v) is 2.15. The predicted octanol–water partition coefficient (Wildman–Crippen LogP) is 2.84. The van der Waals surface area contributed by atoms with Crippen molar-refractivity contribution in [3.05, 3.63) is 65.7 Å². The summed E-state index contributed by atoms with van der Waals surface area (Å²) in [5.41, 5.74) is 1.14. The Morgan fingerprint density at radius 2 is 1.86 bits per heavy atom. The Hall–Kier alpha value is -1.98. The van der Waals surface area contributed by atoms with Gasteiger partial charge in [0.1, 0.15) is 18.5 Å². The number of likely N-dealkylation sites (N-methyl/N-ethyl adjacent to an activating group) is 1. The second-order valence-electron chi connectivity index (χ2n) is 5.22. The Labute approximate surface area is 128 Å². The molecule has 2 aromatic rings. The van der Waals surface area contributed by atoms with Gasteiger partial charge in [0, 0.05) is 19.2 Å². The van der Waals surface area contributed by atoms with Crippen LogP contribution in [0.15, 0.2) is 48.5 Å². The Balaban J connectivity index is 1.78. The summed E-state index contributed by atoms with van der Waals surface area (Å²) in [5, 5.41) is 9.94. The van der Waals surface area contributed by atoms with Crippen LogP contribution in [0.5, 0.6) is 5.75 Å². The molecule has 0 saturated heterocycles. The molecule has 2 aromatic carbocycles. The summed E-state index contributed by atoms with van der Waals surface area (Å²) in [6, 6.07) is 13.0. The Bertz CT molecular complexity index is 592. The molecule has 118 valence electrons. The first-order chi connectivity index (χ1) is 10.5. The molecule has 0 fully saturated rings. The van der Waals surface area contributed by atoms with Crippen LogP contribution in [-0.4, -0.2) is 36.3 Å². The van der Waals surface area contributed by atoms with Crippen molar-refractivity contribution >= 4 is 0 Å². The van der Waals surface area contributed by atoms with E-state index in [0.717, 1.165) is 17.7 Å². The maximum absolute atomic E-state index is 13.4. The minimum absolute atomic E-state index is 0.0539. The Morgan fingerprint density at radius 1 is 1.14 bits per heavy atom. The molecule has 5 heteroatoms. The molecule has 1 N–H and O–H groups in total. The van der Waals surface area contributed by atoms with Crippen molar-refractivity contribution in [3.8, 4) is 5.75 Å². The van der Waals surface area contributed by atoms with Crippen molar-refractivity contribution in [1.82, 2.24) is 4.90 Å². The molecule has 22 heavy (non-hydrogen) atoms. The van der Waals surface area contributed by atoms with Crippen molar-refractivity contribution in [2.45, 2.75) is 12.6 Å². The first kappa shape index (κ1) is 16.4. The number of hydrogen-bond donors (Lipinski definition) is 1. The lowest BCUT2D eigenvalue weighted by Gasteiger charge is -2.21. The van der Waals surface area contributed by atoms with Crippen LogP contribution >= 0.6 is 0 Å². The number of halogens is 2. The van der Waals surface area contributed by atoms with Gasteiger partial charge in [0.25, 0.3) is 0 Å². The number of ether oxygens (including phenoxy) is 1. The molecule has 0 amide bonds. The predicted molar refractivity (Wildman–Crippen MR) is 80.6 cm³/mol. The standard InChI is InChI=1S/C17H19F2NO2/c1-20(10-13-5-3-2-4-6-13)11-15(21)12-22-17-8-7-14(18)9-16(17)19/h2-9,15,21H,10-12H2,1H3. The third kappa shape index (κ3) is 5.09. The minimum Gasteiger partial charge on any atom is -0.488 e. The molecule has 0 aliphatic carbocycles. The van der Waals surface area contributed by atoms with E-state index < -0.39 is 17.7 Å². The highest BCUT2D eigenvalue weighted by atomic mass is 19.1. The van der Waals surface area contributed by atoms with Gasteiger partial charge in [0.2, 0.25) is 0 Å². The second kappa shape index (κ2) is 7.87. The molecule has 0 aromatic heterocycles. The molecule has 1 atom stereocenters. The molecule has 0 bridgehead atoms. The number of nitrogens with zero attached hydrogens (tertiary/aromatic N) is 1. The molecule has 0 aliphatic rings. The van der Waals surface area contributed by atoms with E-state index in [9.17, 15) is 13.9 Å². The van der Waals surface area contributed by atoms with Gasteiger partial charge < -0.3 is 9.84 Å². The first-order valence-corrected chi connectivity index (χ1v) is 7.03. The molecule has 2 rings (SSSR count). The van der Waals surface area contributed by atoms with Crippen molar-refractivity contribution in [2.75, 3.05) is 20.2 Å². The zero-order valence-electron chi connectivity index (χ0n) is 12.4. The Kier molecular flexibility index (Phi) is 5.86. The van der Waals surface area contributed by atoms with Gasteiger partial charge in [-0.3, -0.25) is 4.90 Å². The van der Waals surface area contributed by atoms with Crippen LogP contribution in [-0.2, 0) is 6.54 Å². The minimum atomic E-state index is -0.773. The van der Waals surface area contributed by atoms with Gasteiger partial charge >= 0.3 is 0 Å². The first-order valence-electron chi connectivity index (χ1n) is 7.03. The van der Waals surface area contributed by atoms with Gasteiger partial charge in [0.05, 0.1) is 0 Å². The summed E-state index contributed by atoms with van der Waals surface area (Å²) in [7, 11) is 1.88. The summed E-state index contributed by atoms with van der Waals surface area (Å²) >= 11 is 0. The van der Waals surface area contributed by atoms with E-state index >= 15 is 0 Å². The Morgan fingerprint density at radius 3 is 2.55 bits per heavy atom. The summed E-state index contributed by atoms with van der Waals surface area (Å²) in [6.45, 7) is 1.03. The zero-order chi connectivity index (χ0) is 15.9. The lowest BCUT2D eigenvalue weighted by atomic mass is 10.2. The van der Waals surface area contributed by atoms with E-state index in [-0.39, 0.29) is 12.4 Å². The molecule has 3 nitrogen and oxygen atoms in total. The zero-order valence-corrected chi connectivity index (χ0v) is 12.4. The highest BCUT2D eigenvalue weighted by Crippen LogP contribution is 2.17. The van der Waals surface area contributed by atoms with Crippen LogP contribution in [0.1, 0.15) is 5.56 Å². The van der Waals surface area contributed by atoms with Gasteiger partial charge in [-0.05, 0) is 24.7 Å². The smallest absolute Gasteiger partial charge is 0.167 e. The van der Waals surface area contributed by atoms with E-state index in [1.807, 2.05) is 42.3 Å². The summed E-state index contributed by atoms with van der Waals surface area (Å²) in [5.74, 6) is -1.50. The maximum atomic E-state index is 13.4. The van der Waals surface area contributed by atoms with Crippen LogP contribution in [0.4, 0.5) is 8.78 Å². The van der Waals surface area contributed by atoms with Crippen LogP contribution < -0.4 is 4.74 Å². The van der Waals surface area contributed by atoms with Crippen LogP contribution in [0.25, 0.3) is 0 Å². The number of hydrogen-bond acceptors (Lipinski definition) is 3. The van der Waals surface area contributed by atoms with Gasteiger partial charge in [-0.15, -0.1) is 0 Å². The van der Waals surface area contributed by atoms with Gasteiger partial charge in [-0.1, -0.05) is 30.3 Å². The van der Waals surface area contributed by atoms with Crippen molar-refractivity contribution in [1.29, 1.82) is 0 Å². The highest BCUT2D eigenvalue weighted by Gasteiger charge is 2.11. The number of benzene rings is 2. The lowest BCUT2D eigenvalue weighted by molar-refractivity contribution is 0.0728. The number of aliphatic hydroxyl groups is 1. The molecular formula is C17H19F2NO2. The van der Waals surface area contributed by atoms with E-state index in [2.05, 4.69) is 0 Å². The summed E-state index contributed by atoms with van der Waals surface area (Å²) < 4.78 is 31.4. The summed E-state index contributed by atoms with van der Waals surface area (Å²) in [4.78, 5) is 1.95. The normalized spacial score (nSPS) is 12.4. The van der Waals surface area contributed by atoms with Crippen molar-refractivity contribution in [2.24, 2.45) is 0 Å². The van der Waals surface area contributed by atoms with Gasteiger partial charge in [0.15, 0.2) is 11.6 Å². The molecule has 0 aliphatic heterocycles. The topological polar surface area (TPSA) is 32.7 Å². The third-order valence-electron chi connectivity index (χ3n) is 3.14. The second-order valence-corrected chi connectivity index (χ2v) is 5.22. The molecular weight excluding hydrogens is 288 g/mol. The third-order valence-corrected chi connectivity index (χ3v) is 3.14. The average Bonchev–Trinajstić information content (AvgIpc) is 2.47. The van der Waals surface area contributed by atoms with E-state index in [4.69, 9.17) is 4.74 Å². The van der Waals surface area contributed by atoms with Crippen LogP contribution in [0.2, 0.25) is 0 Å². The SMILES string of the molecule is CN(Cc1ccccc1)CC(O)COc1ccc(F)cc1F. The maximum Gasteiger partial charge on any atom is 0.167 e. The van der Waals surface area contributed by atoms with Crippen molar-refractivity contribution in [3.63, 3.8) is 0 Å². The fraction of sp³-hybridized carbons (Fsp3) is 0.294. The number of rotatable bonds is 7. The van der Waals surface area contributed by atoms with Gasteiger partial charge in [-0.2, -0.15) is 0 Å². The summed E-state index contributed by atoms with van der Waals surface area (Å²) in [6.07, 6.45) is -0.766. The average molecular weight is 307 g/mol. The fourth-order valence-electron chi connectivity index (χ4n) is 2.15. The van der Waals surface area contributed by atoms with E-state index in [0.29, 0.717) is 13.1 Å². The molecule has 0 radical (unpaired) electrons. The van der Waals surface area contributed by atoms with Gasteiger partial charge in [-0.25, -0.2) is 8.78 Å². The molecule has 0 heterocycles. The van der Waals surface area contributed by atoms with Crippen molar-refractivity contribution < 1.29 is 18.6 Å². The largest absolute Gasteiger partial charge is 0.488 e. The molecule has 1 unspecified atom stereocenters.